The molecule has 0 spiro atoms. The van der Waals surface area contributed by atoms with Crippen LogP contribution in [0.3, 0.4) is 0 Å². The zero-order valence-corrected chi connectivity index (χ0v) is 21.7. The van der Waals surface area contributed by atoms with E-state index in [1.54, 1.807) is 30.3 Å². The molecule has 1 N–H and O–H groups in total. The first kappa shape index (κ1) is 25.7. The van der Waals surface area contributed by atoms with Gasteiger partial charge in [0, 0.05) is 17.8 Å². The molecule has 0 unspecified atom stereocenters. The minimum atomic E-state index is -0.699. The molecule has 0 bridgehead atoms. The molecule has 0 saturated carbocycles. The van der Waals surface area contributed by atoms with Crippen LogP contribution in [-0.2, 0) is 11.4 Å². The summed E-state index contributed by atoms with van der Waals surface area (Å²) in [7, 11) is 0. The van der Waals surface area contributed by atoms with Gasteiger partial charge in [-0.1, -0.05) is 35.3 Å². The van der Waals surface area contributed by atoms with E-state index in [2.05, 4.69) is 37.2 Å². The number of non-ortho nitro benzene ring substituents is 1. The molecule has 3 aromatic rings. The maximum absolute atomic E-state index is 12.5. The first-order valence-electron chi connectivity index (χ1n) is 9.41. The first-order valence-corrected chi connectivity index (χ1v) is 11.8. The van der Waals surface area contributed by atoms with E-state index >= 15 is 0 Å². The number of amides is 1. The smallest absolute Gasteiger partial charge is 0.271 e. The van der Waals surface area contributed by atoms with Crippen molar-refractivity contribution in [2.75, 3.05) is 5.32 Å². The summed E-state index contributed by atoms with van der Waals surface area (Å²) in [5.41, 5.74) is 1.21. The molecule has 172 valence electrons. The number of ether oxygens (including phenoxy) is 1. The second-order valence-corrected chi connectivity index (χ2v) is 9.31. The fraction of sp³-hybridized carbons (Fsp3) is 0.0435. The highest BCUT2D eigenvalue weighted by molar-refractivity contribution is 9.11. The molecule has 0 saturated heterocycles. The third kappa shape index (κ3) is 6.58. The van der Waals surface area contributed by atoms with Gasteiger partial charge in [-0.25, -0.2) is 0 Å². The lowest BCUT2D eigenvalue weighted by atomic mass is 10.1. The number of benzene rings is 3. The van der Waals surface area contributed by atoms with Crippen LogP contribution in [-0.4, -0.2) is 10.8 Å². The number of nitro benzene ring substituents is 1. The number of nitriles is 1. The van der Waals surface area contributed by atoms with E-state index in [4.69, 9.17) is 27.9 Å². The zero-order chi connectivity index (χ0) is 24.8. The molecule has 0 heterocycles. The first-order chi connectivity index (χ1) is 16.2. The van der Waals surface area contributed by atoms with Crippen molar-refractivity contribution in [3.05, 3.63) is 100 Å². The summed E-state index contributed by atoms with van der Waals surface area (Å²) in [4.78, 5) is 22.9. The van der Waals surface area contributed by atoms with Gasteiger partial charge in [-0.3, -0.25) is 14.9 Å². The fourth-order valence-electron chi connectivity index (χ4n) is 2.80. The molecule has 0 aliphatic carbocycles. The van der Waals surface area contributed by atoms with Gasteiger partial charge in [-0.05, 0) is 79.4 Å². The Kier molecular flexibility index (Phi) is 8.69. The average molecular weight is 626 g/mol. The van der Waals surface area contributed by atoms with Gasteiger partial charge in [0.05, 0.1) is 23.9 Å². The van der Waals surface area contributed by atoms with E-state index in [1.807, 2.05) is 6.07 Å². The van der Waals surface area contributed by atoms with Gasteiger partial charge in [0.15, 0.2) is 0 Å². The summed E-state index contributed by atoms with van der Waals surface area (Å²) < 4.78 is 7.05. The van der Waals surface area contributed by atoms with E-state index in [0.717, 1.165) is 5.56 Å². The van der Waals surface area contributed by atoms with E-state index in [-0.39, 0.29) is 23.6 Å². The fourth-order valence-corrected chi connectivity index (χ4v) is 4.57. The SMILES string of the molecule is N#C/C(=C\c1cc(Br)c(OCc2ccc(Cl)c(Cl)c2)c(Br)c1)C(=O)Nc1cccc([N+](=O)[O-])c1. The molecule has 0 aliphatic heterocycles. The van der Waals surface area contributed by atoms with Crippen LogP contribution in [0.4, 0.5) is 11.4 Å². The van der Waals surface area contributed by atoms with Crippen molar-refractivity contribution in [1.82, 2.24) is 0 Å². The largest absolute Gasteiger partial charge is 0.487 e. The lowest BCUT2D eigenvalue weighted by Gasteiger charge is -2.12. The molecule has 0 aliphatic rings. The zero-order valence-electron chi connectivity index (χ0n) is 17.0. The monoisotopic (exact) mass is 623 g/mol. The Morgan fingerprint density at radius 1 is 1.12 bits per heavy atom. The van der Waals surface area contributed by atoms with Crippen LogP contribution >= 0.6 is 55.1 Å². The summed E-state index contributed by atoms with van der Waals surface area (Å²) in [5.74, 6) is -0.182. The summed E-state index contributed by atoms with van der Waals surface area (Å²) >= 11 is 18.9. The van der Waals surface area contributed by atoms with Crippen LogP contribution in [0.15, 0.2) is 69.1 Å². The summed E-state index contributed by atoms with van der Waals surface area (Å²) in [5, 5.41) is 23.8. The summed E-state index contributed by atoms with van der Waals surface area (Å²) in [6.07, 6.45) is 1.39. The van der Waals surface area contributed by atoms with Crippen LogP contribution in [0.1, 0.15) is 11.1 Å². The Bertz CT molecular complexity index is 1330. The van der Waals surface area contributed by atoms with Gasteiger partial charge in [0.25, 0.3) is 11.6 Å². The number of nitro groups is 1. The van der Waals surface area contributed by atoms with Crippen LogP contribution in [0.5, 0.6) is 5.75 Å². The number of halogens is 4. The third-order valence-electron chi connectivity index (χ3n) is 4.38. The normalized spacial score (nSPS) is 11.0. The van der Waals surface area contributed by atoms with E-state index in [0.29, 0.717) is 30.3 Å². The van der Waals surface area contributed by atoms with Crippen LogP contribution in [0, 0.1) is 21.4 Å². The van der Waals surface area contributed by atoms with Gasteiger partial charge < -0.3 is 10.1 Å². The van der Waals surface area contributed by atoms with Gasteiger partial charge in [0.1, 0.15) is 24.0 Å². The van der Waals surface area contributed by atoms with Crippen molar-refractivity contribution in [3.63, 3.8) is 0 Å². The number of carbonyl (C=O) groups excluding carboxylic acids is 1. The predicted molar refractivity (Wildman–Crippen MR) is 138 cm³/mol. The minimum Gasteiger partial charge on any atom is -0.487 e. The number of nitrogens with zero attached hydrogens (tertiary/aromatic N) is 2. The number of anilines is 1. The van der Waals surface area contributed by atoms with Gasteiger partial charge in [-0.15, -0.1) is 0 Å². The number of rotatable bonds is 7. The van der Waals surface area contributed by atoms with Crippen molar-refractivity contribution < 1.29 is 14.5 Å². The maximum Gasteiger partial charge on any atom is 0.271 e. The standard InChI is InChI=1S/C23H13Br2Cl2N3O4/c24-18-7-14(8-19(25)22(18)34-12-13-4-5-20(26)21(27)9-13)6-15(11-28)23(31)29-16-2-1-3-17(10-16)30(32)33/h1-10H,12H2,(H,29,31)/b15-6+. The molecular formula is C23H13Br2Cl2N3O4. The predicted octanol–water partition coefficient (Wildman–Crippen LogP) is 7.55. The third-order valence-corrected chi connectivity index (χ3v) is 6.30. The van der Waals surface area contributed by atoms with E-state index < -0.39 is 10.8 Å². The van der Waals surface area contributed by atoms with Crippen molar-refractivity contribution in [2.24, 2.45) is 0 Å². The Balaban J connectivity index is 1.77. The highest BCUT2D eigenvalue weighted by Crippen LogP contribution is 2.36. The Morgan fingerprint density at radius 2 is 1.82 bits per heavy atom. The lowest BCUT2D eigenvalue weighted by molar-refractivity contribution is -0.384. The molecule has 3 aromatic carbocycles. The highest BCUT2D eigenvalue weighted by atomic mass is 79.9. The summed E-state index contributed by atoms with van der Waals surface area (Å²) in [6.45, 7) is 0.234. The Morgan fingerprint density at radius 3 is 2.44 bits per heavy atom. The quantitative estimate of drug-likeness (QED) is 0.126. The van der Waals surface area contributed by atoms with Gasteiger partial charge in [-0.2, -0.15) is 5.26 Å². The topological polar surface area (TPSA) is 105 Å². The van der Waals surface area contributed by atoms with Crippen molar-refractivity contribution in [3.8, 4) is 11.8 Å². The van der Waals surface area contributed by atoms with Crippen LogP contribution in [0.25, 0.3) is 6.08 Å². The molecule has 0 radical (unpaired) electrons. The molecule has 34 heavy (non-hydrogen) atoms. The molecular weight excluding hydrogens is 613 g/mol. The number of hydrogen-bond acceptors (Lipinski definition) is 5. The van der Waals surface area contributed by atoms with Gasteiger partial charge in [0.2, 0.25) is 0 Å². The van der Waals surface area contributed by atoms with Gasteiger partial charge >= 0.3 is 0 Å². The number of nitrogens with one attached hydrogen (secondary N) is 1. The lowest BCUT2D eigenvalue weighted by Crippen LogP contribution is -2.13. The number of hydrogen-bond donors (Lipinski definition) is 1. The van der Waals surface area contributed by atoms with E-state index in [1.165, 1.54) is 30.3 Å². The summed E-state index contributed by atoms with van der Waals surface area (Å²) in [6, 6.07) is 15.9. The Labute approximate surface area is 221 Å². The van der Waals surface area contributed by atoms with Crippen molar-refractivity contribution >= 4 is 78.4 Å². The molecule has 0 atom stereocenters. The molecule has 3 rings (SSSR count). The van der Waals surface area contributed by atoms with Crippen molar-refractivity contribution in [1.29, 1.82) is 5.26 Å². The minimum absolute atomic E-state index is 0.176. The Hall–Kier alpha value is -2.90. The molecule has 11 heteroatoms. The van der Waals surface area contributed by atoms with Crippen LogP contribution < -0.4 is 10.1 Å². The molecule has 0 aromatic heterocycles. The molecule has 1 amide bonds. The second-order valence-electron chi connectivity index (χ2n) is 6.78. The maximum atomic E-state index is 12.5. The van der Waals surface area contributed by atoms with Crippen LogP contribution in [0.2, 0.25) is 10.0 Å². The molecule has 7 nitrogen and oxygen atoms in total. The average Bonchev–Trinajstić information content (AvgIpc) is 2.79. The number of carbonyl (C=O) groups is 1. The molecule has 0 fully saturated rings. The van der Waals surface area contributed by atoms with E-state index in [9.17, 15) is 20.2 Å². The second kappa shape index (κ2) is 11.5. The highest BCUT2D eigenvalue weighted by Gasteiger charge is 2.14. The van der Waals surface area contributed by atoms with Crippen molar-refractivity contribution in [2.45, 2.75) is 6.61 Å².